The highest BCUT2D eigenvalue weighted by Gasteiger charge is 2.23. The van der Waals surface area contributed by atoms with Crippen molar-refractivity contribution in [3.8, 4) is 0 Å². The number of hydrogen-bond acceptors (Lipinski definition) is 3. The van der Waals surface area contributed by atoms with Crippen molar-refractivity contribution in [2.24, 2.45) is 0 Å². The highest BCUT2D eigenvalue weighted by molar-refractivity contribution is 6.28. The van der Waals surface area contributed by atoms with Crippen molar-refractivity contribution in [3.05, 3.63) is 23.1 Å². The lowest BCUT2D eigenvalue weighted by atomic mass is 9.99. The van der Waals surface area contributed by atoms with Gasteiger partial charge < -0.3 is 9.32 Å². The van der Waals surface area contributed by atoms with E-state index in [1.54, 1.807) is 0 Å². The normalized spacial score (nSPS) is 21.7. The number of hydrogen-bond donors (Lipinski definition) is 0. The highest BCUT2D eigenvalue weighted by atomic mass is 35.5. The fourth-order valence-corrected chi connectivity index (χ4v) is 2.80. The van der Waals surface area contributed by atoms with E-state index in [1.807, 2.05) is 12.1 Å². The number of likely N-dealkylation sites (tertiary alicyclic amines) is 1. The Morgan fingerprint density at radius 1 is 1.39 bits per heavy atom. The van der Waals surface area contributed by atoms with Crippen LogP contribution in [-0.4, -0.2) is 43.0 Å². The van der Waals surface area contributed by atoms with Gasteiger partial charge in [-0.15, -0.1) is 0 Å². The number of nitrogens with zero attached hydrogens (tertiary/aromatic N) is 2. The second kappa shape index (κ2) is 6.60. The fraction of sp³-hybridized carbons (Fsp3) is 0.714. The second-order valence-corrected chi connectivity index (χ2v) is 5.79. The monoisotopic (exact) mass is 270 g/mol. The molecule has 0 bridgehead atoms. The Kier molecular flexibility index (Phi) is 5.10. The van der Waals surface area contributed by atoms with Gasteiger partial charge in [-0.3, -0.25) is 4.90 Å². The van der Waals surface area contributed by atoms with E-state index in [0.717, 1.165) is 18.8 Å². The van der Waals surface area contributed by atoms with Crippen LogP contribution in [0.5, 0.6) is 0 Å². The zero-order valence-corrected chi connectivity index (χ0v) is 12.1. The van der Waals surface area contributed by atoms with Gasteiger partial charge in [-0.25, -0.2) is 0 Å². The molecule has 0 saturated carbocycles. The lowest BCUT2D eigenvalue weighted by Crippen LogP contribution is -2.40. The molecule has 18 heavy (non-hydrogen) atoms. The summed E-state index contributed by atoms with van der Waals surface area (Å²) in [5.74, 6) is 0.983. The predicted molar refractivity (Wildman–Crippen MR) is 74.9 cm³/mol. The van der Waals surface area contributed by atoms with E-state index in [-0.39, 0.29) is 0 Å². The van der Waals surface area contributed by atoms with Crippen molar-refractivity contribution in [1.82, 2.24) is 9.80 Å². The molecule has 0 aliphatic carbocycles. The van der Waals surface area contributed by atoms with Crippen LogP contribution in [-0.2, 0) is 6.54 Å². The summed E-state index contributed by atoms with van der Waals surface area (Å²) in [4.78, 5) is 4.80. The van der Waals surface area contributed by atoms with Crippen molar-refractivity contribution < 1.29 is 4.42 Å². The maximum absolute atomic E-state index is 5.83. The van der Waals surface area contributed by atoms with Crippen LogP contribution in [0.15, 0.2) is 16.5 Å². The van der Waals surface area contributed by atoms with E-state index < -0.39 is 0 Å². The summed E-state index contributed by atoms with van der Waals surface area (Å²) in [5.41, 5.74) is 0. The Hall–Kier alpha value is -0.510. The van der Waals surface area contributed by atoms with Gasteiger partial charge in [-0.1, -0.05) is 6.42 Å². The number of halogens is 1. The number of rotatable bonds is 5. The largest absolute Gasteiger partial charge is 0.448 e. The van der Waals surface area contributed by atoms with Gasteiger partial charge >= 0.3 is 0 Å². The van der Waals surface area contributed by atoms with Crippen LogP contribution in [0.3, 0.4) is 0 Å². The summed E-state index contributed by atoms with van der Waals surface area (Å²) in [7, 11) is 4.28. The first-order valence-corrected chi connectivity index (χ1v) is 7.16. The summed E-state index contributed by atoms with van der Waals surface area (Å²) in [6.07, 6.45) is 5.20. The SMILES string of the molecule is CN(C)CC[C@@H]1CCCCN1Cc1ccc(Cl)o1. The van der Waals surface area contributed by atoms with Gasteiger partial charge in [0.25, 0.3) is 0 Å². The first-order valence-electron chi connectivity index (χ1n) is 6.78. The molecule has 1 aromatic rings. The molecule has 1 aliphatic heterocycles. The van der Waals surface area contributed by atoms with E-state index >= 15 is 0 Å². The molecule has 2 rings (SSSR count). The van der Waals surface area contributed by atoms with Crippen molar-refractivity contribution in [2.45, 2.75) is 38.3 Å². The molecule has 1 aromatic heterocycles. The summed E-state index contributed by atoms with van der Waals surface area (Å²) in [6.45, 7) is 3.22. The summed E-state index contributed by atoms with van der Waals surface area (Å²) < 4.78 is 5.47. The molecular weight excluding hydrogens is 248 g/mol. The quantitative estimate of drug-likeness (QED) is 0.819. The van der Waals surface area contributed by atoms with Gasteiger partial charge in [-0.05, 0) is 70.2 Å². The minimum atomic E-state index is 0.492. The number of piperidine rings is 1. The second-order valence-electron chi connectivity index (χ2n) is 5.42. The molecule has 3 nitrogen and oxygen atoms in total. The standard InChI is InChI=1S/C14H23ClN2O/c1-16(2)10-8-12-5-3-4-9-17(12)11-13-6-7-14(15)18-13/h6-7,12H,3-5,8-11H2,1-2H3/t12-/m0/s1. The van der Waals surface area contributed by atoms with Gasteiger partial charge in [0.15, 0.2) is 5.22 Å². The van der Waals surface area contributed by atoms with Crippen LogP contribution < -0.4 is 0 Å². The fourth-order valence-electron chi connectivity index (χ4n) is 2.64. The summed E-state index contributed by atoms with van der Waals surface area (Å²) in [5, 5.41) is 0.492. The van der Waals surface area contributed by atoms with E-state index in [1.165, 1.54) is 32.2 Å². The van der Waals surface area contributed by atoms with Gasteiger partial charge in [0.1, 0.15) is 5.76 Å². The average Bonchev–Trinajstić information content (AvgIpc) is 2.73. The van der Waals surface area contributed by atoms with Crippen LogP contribution in [0, 0.1) is 0 Å². The van der Waals surface area contributed by atoms with Gasteiger partial charge in [0.2, 0.25) is 0 Å². The third kappa shape index (κ3) is 4.01. The Morgan fingerprint density at radius 2 is 2.22 bits per heavy atom. The molecule has 0 spiro atoms. The lowest BCUT2D eigenvalue weighted by molar-refractivity contribution is 0.116. The molecule has 1 atom stereocenters. The topological polar surface area (TPSA) is 19.6 Å². The molecule has 1 saturated heterocycles. The first kappa shape index (κ1) is 13.9. The van der Waals surface area contributed by atoms with Crippen molar-refractivity contribution in [3.63, 3.8) is 0 Å². The number of furan rings is 1. The Labute approximate surface area is 115 Å². The molecule has 0 N–H and O–H groups in total. The maximum atomic E-state index is 5.83. The molecule has 4 heteroatoms. The molecule has 1 fully saturated rings. The van der Waals surface area contributed by atoms with Gasteiger partial charge in [0, 0.05) is 6.04 Å². The van der Waals surface area contributed by atoms with Crippen molar-refractivity contribution in [1.29, 1.82) is 0 Å². The third-order valence-corrected chi connectivity index (χ3v) is 3.85. The van der Waals surface area contributed by atoms with E-state index in [2.05, 4.69) is 23.9 Å². The minimum absolute atomic E-state index is 0.492. The van der Waals surface area contributed by atoms with Crippen molar-refractivity contribution in [2.75, 3.05) is 27.2 Å². The zero-order chi connectivity index (χ0) is 13.0. The summed E-state index contributed by atoms with van der Waals surface area (Å²) >= 11 is 5.83. The van der Waals surface area contributed by atoms with Crippen LogP contribution in [0.2, 0.25) is 5.22 Å². The molecular formula is C14H23ClN2O. The molecule has 0 aromatic carbocycles. The first-order chi connectivity index (χ1) is 8.65. The minimum Gasteiger partial charge on any atom is -0.448 e. The van der Waals surface area contributed by atoms with Gasteiger partial charge in [-0.2, -0.15) is 0 Å². The zero-order valence-electron chi connectivity index (χ0n) is 11.4. The molecule has 102 valence electrons. The van der Waals surface area contributed by atoms with Crippen LogP contribution >= 0.6 is 11.6 Å². The summed E-state index contributed by atoms with van der Waals surface area (Å²) in [6, 6.07) is 4.50. The Balaban J connectivity index is 1.90. The molecule has 0 amide bonds. The third-order valence-electron chi connectivity index (χ3n) is 3.65. The maximum Gasteiger partial charge on any atom is 0.193 e. The highest BCUT2D eigenvalue weighted by Crippen LogP contribution is 2.23. The van der Waals surface area contributed by atoms with E-state index in [9.17, 15) is 0 Å². The van der Waals surface area contributed by atoms with Crippen LogP contribution in [0.4, 0.5) is 0 Å². The molecule has 0 unspecified atom stereocenters. The van der Waals surface area contributed by atoms with E-state index in [4.69, 9.17) is 16.0 Å². The average molecular weight is 271 g/mol. The van der Waals surface area contributed by atoms with E-state index in [0.29, 0.717) is 11.3 Å². The molecule has 2 heterocycles. The molecule has 1 aliphatic rings. The smallest absolute Gasteiger partial charge is 0.193 e. The van der Waals surface area contributed by atoms with Crippen molar-refractivity contribution >= 4 is 11.6 Å². The van der Waals surface area contributed by atoms with Crippen LogP contribution in [0.25, 0.3) is 0 Å². The Bertz CT molecular complexity index is 364. The predicted octanol–water partition coefficient (Wildman–Crippen LogP) is 3.24. The lowest BCUT2D eigenvalue weighted by Gasteiger charge is -2.35. The Morgan fingerprint density at radius 3 is 2.89 bits per heavy atom. The van der Waals surface area contributed by atoms with Gasteiger partial charge in [0.05, 0.1) is 6.54 Å². The van der Waals surface area contributed by atoms with Crippen LogP contribution in [0.1, 0.15) is 31.4 Å². The molecule has 0 radical (unpaired) electrons.